The smallest absolute Gasteiger partial charge is 0.272 e. The molecule has 7 heteroatoms. The van der Waals surface area contributed by atoms with Crippen LogP contribution in [-0.2, 0) is 17.7 Å². The van der Waals surface area contributed by atoms with Gasteiger partial charge in [0.05, 0.1) is 24.4 Å². The molecule has 0 bridgehead atoms. The van der Waals surface area contributed by atoms with Crippen LogP contribution in [0.25, 0.3) is 5.69 Å². The van der Waals surface area contributed by atoms with Gasteiger partial charge in [-0.2, -0.15) is 5.10 Å². The Morgan fingerprint density at radius 1 is 1.35 bits per heavy atom. The fourth-order valence-corrected chi connectivity index (χ4v) is 3.39. The number of imidazole rings is 1. The van der Waals surface area contributed by atoms with E-state index in [1.165, 1.54) is 0 Å². The Morgan fingerprint density at radius 2 is 2.15 bits per heavy atom. The minimum atomic E-state index is -0.202. The highest BCUT2D eigenvalue weighted by atomic mass is 16.5. The molecule has 26 heavy (non-hydrogen) atoms. The first-order chi connectivity index (χ1) is 12.6. The van der Waals surface area contributed by atoms with E-state index in [9.17, 15) is 4.79 Å². The van der Waals surface area contributed by atoms with E-state index >= 15 is 0 Å². The van der Waals surface area contributed by atoms with Crippen molar-refractivity contribution in [3.05, 3.63) is 65.5 Å². The lowest BCUT2D eigenvalue weighted by molar-refractivity contribution is -0.00697. The lowest BCUT2D eigenvalue weighted by Gasteiger charge is -2.25. The van der Waals surface area contributed by atoms with Crippen LogP contribution in [0.1, 0.15) is 47.5 Å². The van der Waals surface area contributed by atoms with Gasteiger partial charge in [-0.25, -0.2) is 4.98 Å². The number of hydrogen-bond donors (Lipinski definition) is 2. The largest absolute Gasteiger partial charge is 0.369 e. The fraction of sp³-hybridized carbons (Fsp3) is 0.316. The summed E-state index contributed by atoms with van der Waals surface area (Å²) < 4.78 is 7.73. The fourth-order valence-electron chi connectivity index (χ4n) is 3.39. The molecular weight excluding hydrogens is 330 g/mol. The Hall–Kier alpha value is -2.93. The number of aromatic nitrogens is 4. The Bertz CT molecular complexity index is 915. The second-order valence-electron chi connectivity index (χ2n) is 6.49. The number of carbonyl (C=O) groups excluding carboxylic acids is 1. The molecule has 1 aliphatic rings. The third-order valence-corrected chi connectivity index (χ3v) is 4.61. The third-order valence-electron chi connectivity index (χ3n) is 4.61. The van der Waals surface area contributed by atoms with Gasteiger partial charge in [-0.1, -0.05) is 18.2 Å². The summed E-state index contributed by atoms with van der Waals surface area (Å²) in [6.07, 6.45) is 4.27. The molecule has 0 saturated heterocycles. The molecule has 1 aliphatic heterocycles. The number of fused-ring (bicyclic) bond motifs is 1. The molecule has 3 aromatic rings. The number of ether oxygens (including phenoxy) is 1. The van der Waals surface area contributed by atoms with Crippen molar-refractivity contribution in [2.45, 2.75) is 39.0 Å². The number of para-hydroxylation sites is 1. The van der Waals surface area contributed by atoms with Gasteiger partial charge in [0.25, 0.3) is 5.91 Å². The minimum Gasteiger partial charge on any atom is -0.369 e. The van der Waals surface area contributed by atoms with E-state index in [4.69, 9.17) is 4.74 Å². The topological polar surface area (TPSA) is 84.8 Å². The van der Waals surface area contributed by atoms with Crippen LogP contribution in [0.2, 0.25) is 0 Å². The first-order valence-electron chi connectivity index (χ1n) is 8.72. The SMILES string of the molecule is C[C@@H]1Cc2c(C(=O)NCc3nccn3-c3ccccc3)n[nH]c2[C@H](C)O1. The summed E-state index contributed by atoms with van der Waals surface area (Å²) in [4.78, 5) is 17.0. The number of nitrogens with one attached hydrogen (secondary N) is 2. The van der Waals surface area contributed by atoms with Crippen LogP contribution in [0, 0.1) is 0 Å². The molecule has 2 atom stereocenters. The number of amides is 1. The van der Waals surface area contributed by atoms with Gasteiger partial charge in [0.15, 0.2) is 5.69 Å². The standard InChI is InChI=1S/C19H21N5O2/c1-12-10-15-17(13(2)26-12)22-23-18(15)19(25)21-11-16-20-8-9-24(16)14-6-4-3-5-7-14/h3-9,12-13H,10-11H2,1-2H3,(H,21,25)(H,22,23)/t12-,13+/m1/s1. The van der Waals surface area contributed by atoms with Crippen molar-refractivity contribution in [2.75, 3.05) is 0 Å². The minimum absolute atomic E-state index is 0.0682. The molecule has 0 aliphatic carbocycles. The van der Waals surface area contributed by atoms with Crippen molar-refractivity contribution in [3.63, 3.8) is 0 Å². The van der Waals surface area contributed by atoms with E-state index in [-0.39, 0.29) is 18.1 Å². The number of H-pyrrole nitrogens is 1. The van der Waals surface area contributed by atoms with E-state index in [1.807, 2.05) is 54.9 Å². The highest BCUT2D eigenvalue weighted by molar-refractivity contribution is 5.94. The summed E-state index contributed by atoms with van der Waals surface area (Å²) in [5.41, 5.74) is 3.28. The van der Waals surface area contributed by atoms with Crippen molar-refractivity contribution in [1.82, 2.24) is 25.1 Å². The highest BCUT2D eigenvalue weighted by Gasteiger charge is 2.29. The monoisotopic (exact) mass is 351 g/mol. The van der Waals surface area contributed by atoms with Gasteiger partial charge in [-0.3, -0.25) is 9.89 Å². The second kappa shape index (κ2) is 6.76. The Balaban J connectivity index is 1.51. The van der Waals surface area contributed by atoms with Gasteiger partial charge >= 0.3 is 0 Å². The van der Waals surface area contributed by atoms with Crippen molar-refractivity contribution in [3.8, 4) is 5.69 Å². The van der Waals surface area contributed by atoms with Gasteiger partial charge in [0, 0.05) is 30.1 Å². The lowest BCUT2D eigenvalue weighted by atomic mass is 9.99. The van der Waals surface area contributed by atoms with E-state index in [2.05, 4.69) is 20.5 Å². The molecule has 7 nitrogen and oxygen atoms in total. The van der Waals surface area contributed by atoms with Gasteiger partial charge < -0.3 is 14.6 Å². The van der Waals surface area contributed by atoms with Crippen molar-refractivity contribution in [2.24, 2.45) is 0 Å². The molecule has 0 fully saturated rings. The third kappa shape index (κ3) is 3.01. The Kier molecular flexibility index (Phi) is 4.30. The van der Waals surface area contributed by atoms with Crippen LogP contribution in [0.15, 0.2) is 42.7 Å². The van der Waals surface area contributed by atoms with Crippen LogP contribution in [0.3, 0.4) is 0 Å². The molecule has 4 rings (SSSR count). The number of hydrogen-bond acceptors (Lipinski definition) is 4. The Morgan fingerprint density at radius 3 is 2.96 bits per heavy atom. The maximum Gasteiger partial charge on any atom is 0.272 e. The zero-order chi connectivity index (χ0) is 18.1. The predicted molar refractivity (Wildman–Crippen MR) is 96.0 cm³/mol. The molecule has 1 aromatic carbocycles. The summed E-state index contributed by atoms with van der Waals surface area (Å²) in [6.45, 7) is 4.29. The zero-order valence-electron chi connectivity index (χ0n) is 14.8. The molecular formula is C19H21N5O2. The average Bonchev–Trinajstić information content (AvgIpc) is 3.27. The summed E-state index contributed by atoms with van der Waals surface area (Å²) in [5.74, 6) is 0.561. The molecule has 1 amide bonds. The lowest BCUT2D eigenvalue weighted by Crippen LogP contribution is -2.28. The quantitative estimate of drug-likeness (QED) is 0.756. The van der Waals surface area contributed by atoms with Crippen LogP contribution in [0.5, 0.6) is 0 Å². The molecule has 134 valence electrons. The van der Waals surface area contributed by atoms with Crippen molar-refractivity contribution < 1.29 is 9.53 Å². The second-order valence-corrected chi connectivity index (χ2v) is 6.49. The first-order valence-corrected chi connectivity index (χ1v) is 8.72. The van der Waals surface area contributed by atoms with Gasteiger partial charge in [-0.05, 0) is 26.0 Å². The molecule has 2 aromatic heterocycles. The van der Waals surface area contributed by atoms with E-state index in [0.29, 0.717) is 18.7 Å². The maximum absolute atomic E-state index is 12.7. The number of benzene rings is 1. The number of aromatic amines is 1. The maximum atomic E-state index is 12.7. The average molecular weight is 351 g/mol. The molecule has 0 unspecified atom stereocenters. The van der Waals surface area contributed by atoms with E-state index in [1.54, 1.807) is 6.20 Å². The van der Waals surface area contributed by atoms with Crippen molar-refractivity contribution in [1.29, 1.82) is 0 Å². The van der Waals surface area contributed by atoms with Crippen LogP contribution in [-0.4, -0.2) is 31.8 Å². The van der Waals surface area contributed by atoms with Crippen LogP contribution < -0.4 is 5.32 Å². The van der Waals surface area contributed by atoms with Gasteiger partial charge in [0.2, 0.25) is 0 Å². The number of carbonyl (C=O) groups is 1. The first kappa shape index (κ1) is 16.5. The molecule has 2 N–H and O–H groups in total. The summed E-state index contributed by atoms with van der Waals surface area (Å²) >= 11 is 0. The van der Waals surface area contributed by atoms with E-state index < -0.39 is 0 Å². The van der Waals surface area contributed by atoms with Crippen molar-refractivity contribution >= 4 is 5.91 Å². The molecule has 0 spiro atoms. The van der Waals surface area contributed by atoms with Crippen LogP contribution in [0.4, 0.5) is 0 Å². The van der Waals surface area contributed by atoms with Gasteiger partial charge in [-0.15, -0.1) is 0 Å². The van der Waals surface area contributed by atoms with Gasteiger partial charge in [0.1, 0.15) is 5.82 Å². The zero-order valence-corrected chi connectivity index (χ0v) is 14.8. The van der Waals surface area contributed by atoms with Crippen LogP contribution >= 0.6 is 0 Å². The molecule has 0 saturated carbocycles. The number of nitrogens with zero attached hydrogens (tertiary/aromatic N) is 3. The molecule has 0 radical (unpaired) electrons. The normalized spacial score (nSPS) is 19.2. The Labute approximate surface area is 151 Å². The summed E-state index contributed by atoms with van der Waals surface area (Å²) in [6, 6.07) is 9.91. The molecule has 3 heterocycles. The number of rotatable bonds is 4. The summed E-state index contributed by atoms with van der Waals surface area (Å²) in [5, 5.41) is 10.1. The predicted octanol–water partition coefficient (Wildman–Crippen LogP) is 2.55. The van der Waals surface area contributed by atoms with E-state index in [0.717, 1.165) is 22.8 Å². The summed E-state index contributed by atoms with van der Waals surface area (Å²) in [7, 11) is 0. The highest BCUT2D eigenvalue weighted by Crippen LogP contribution is 2.30.